The fraction of sp³-hybridized carbons (Fsp3) is 0.667. The average Bonchev–Trinajstić information content (AvgIpc) is 2.59. The summed E-state index contributed by atoms with van der Waals surface area (Å²) >= 11 is 0. The summed E-state index contributed by atoms with van der Waals surface area (Å²) in [7, 11) is 0. The summed E-state index contributed by atoms with van der Waals surface area (Å²) in [4.78, 5) is 36.2. The summed E-state index contributed by atoms with van der Waals surface area (Å²) in [6.07, 6.45) is 5.61. The Labute approximate surface area is 120 Å². The lowest BCUT2D eigenvalue weighted by molar-refractivity contribution is -0.138. The van der Waals surface area contributed by atoms with Crippen molar-refractivity contribution in [3.8, 4) is 0 Å². The second-order valence-electron chi connectivity index (χ2n) is 5.25. The number of nitrogens with two attached hydrogens (primary N) is 1. The molecule has 0 atom stereocenters. The zero-order valence-electron chi connectivity index (χ0n) is 12.4. The van der Waals surface area contributed by atoms with Crippen LogP contribution in [0, 0.1) is 0 Å². The van der Waals surface area contributed by atoms with Crippen LogP contribution in [0.1, 0.15) is 58.8 Å². The van der Waals surface area contributed by atoms with Crippen LogP contribution in [-0.4, -0.2) is 29.2 Å². The van der Waals surface area contributed by atoms with E-state index in [9.17, 15) is 14.4 Å². The Hall–Kier alpha value is -1.65. The van der Waals surface area contributed by atoms with Crippen molar-refractivity contribution in [2.24, 2.45) is 5.73 Å². The molecule has 0 aromatic rings. The molecule has 1 heterocycles. The van der Waals surface area contributed by atoms with Gasteiger partial charge in [-0.15, -0.1) is 0 Å². The van der Waals surface area contributed by atoms with E-state index in [0.29, 0.717) is 24.0 Å². The van der Waals surface area contributed by atoms with Crippen LogP contribution >= 0.6 is 0 Å². The molecule has 0 aliphatic carbocycles. The van der Waals surface area contributed by atoms with E-state index in [4.69, 9.17) is 5.73 Å². The lowest BCUT2D eigenvalue weighted by Gasteiger charge is -2.14. The maximum Gasteiger partial charge on any atom is 0.257 e. The van der Waals surface area contributed by atoms with Gasteiger partial charge in [0.25, 0.3) is 11.8 Å². The predicted octanol–water partition coefficient (Wildman–Crippen LogP) is 1.91. The number of imide groups is 1. The number of carbonyl (C=O) groups is 3. The van der Waals surface area contributed by atoms with Crippen LogP contribution in [-0.2, 0) is 14.4 Å². The molecule has 0 unspecified atom stereocenters. The zero-order chi connectivity index (χ0) is 15.1. The Morgan fingerprint density at radius 2 is 1.80 bits per heavy atom. The smallest absolute Gasteiger partial charge is 0.257 e. The van der Waals surface area contributed by atoms with E-state index in [1.807, 2.05) is 0 Å². The third kappa shape index (κ3) is 4.18. The SMILES string of the molecule is CCCCCCC1=C(C)C(=O)N(CCCC(N)=O)C1=O. The highest BCUT2D eigenvalue weighted by atomic mass is 16.2. The first-order chi connectivity index (χ1) is 9.49. The predicted molar refractivity (Wildman–Crippen MR) is 76.6 cm³/mol. The number of hydrogen-bond acceptors (Lipinski definition) is 3. The van der Waals surface area contributed by atoms with Gasteiger partial charge in [-0.1, -0.05) is 26.2 Å². The number of rotatable bonds is 9. The van der Waals surface area contributed by atoms with Crippen molar-refractivity contribution in [3.05, 3.63) is 11.1 Å². The monoisotopic (exact) mass is 280 g/mol. The number of unbranched alkanes of at least 4 members (excludes halogenated alkanes) is 3. The lowest BCUT2D eigenvalue weighted by Crippen LogP contribution is -2.33. The molecule has 5 nitrogen and oxygen atoms in total. The third-order valence-electron chi connectivity index (χ3n) is 3.61. The molecule has 3 amide bonds. The Morgan fingerprint density at radius 1 is 1.10 bits per heavy atom. The fourth-order valence-electron chi connectivity index (χ4n) is 2.38. The van der Waals surface area contributed by atoms with Crippen molar-refractivity contribution in [2.45, 2.75) is 58.8 Å². The molecule has 2 N–H and O–H groups in total. The highest BCUT2D eigenvalue weighted by Crippen LogP contribution is 2.25. The Kier molecular flexibility index (Phi) is 6.42. The zero-order valence-corrected chi connectivity index (χ0v) is 12.4. The van der Waals surface area contributed by atoms with Gasteiger partial charge in [-0.3, -0.25) is 19.3 Å². The van der Waals surface area contributed by atoms with Crippen LogP contribution in [0.3, 0.4) is 0 Å². The number of primary amides is 1. The molecule has 0 aromatic carbocycles. The van der Waals surface area contributed by atoms with E-state index >= 15 is 0 Å². The standard InChI is InChI=1S/C15H24N2O3/c1-3-4-5-6-8-12-11(2)14(19)17(15(12)20)10-7-9-13(16)18/h3-10H2,1-2H3,(H2,16,18). The van der Waals surface area contributed by atoms with Crippen molar-refractivity contribution in [1.29, 1.82) is 0 Å². The van der Waals surface area contributed by atoms with Crippen molar-refractivity contribution in [1.82, 2.24) is 4.90 Å². The van der Waals surface area contributed by atoms with E-state index in [0.717, 1.165) is 25.7 Å². The van der Waals surface area contributed by atoms with Crippen molar-refractivity contribution >= 4 is 17.7 Å². The molecular formula is C15H24N2O3. The second kappa shape index (κ2) is 7.82. The van der Waals surface area contributed by atoms with E-state index in [1.54, 1.807) is 6.92 Å². The number of carbonyl (C=O) groups excluding carboxylic acids is 3. The Morgan fingerprint density at radius 3 is 2.40 bits per heavy atom. The summed E-state index contributed by atoms with van der Waals surface area (Å²) < 4.78 is 0. The number of amides is 3. The van der Waals surface area contributed by atoms with Crippen molar-refractivity contribution in [2.75, 3.05) is 6.54 Å². The van der Waals surface area contributed by atoms with Gasteiger partial charge in [0.1, 0.15) is 0 Å². The van der Waals surface area contributed by atoms with Crippen LogP contribution in [0.5, 0.6) is 0 Å². The summed E-state index contributed by atoms with van der Waals surface area (Å²) in [5, 5.41) is 0. The van der Waals surface area contributed by atoms with E-state index in [1.165, 1.54) is 4.90 Å². The van der Waals surface area contributed by atoms with Gasteiger partial charge in [-0.25, -0.2) is 0 Å². The molecule has 0 saturated carbocycles. The summed E-state index contributed by atoms with van der Waals surface area (Å²) in [6, 6.07) is 0. The molecule has 0 radical (unpaired) electrons. The van der Waals surface area contributed by atoms with Gasteiger partial charge in [0, 0.05) is 24.1 Å². The molecule has 112 valence electrons. The van der Waals surface area contributed by atoms with E-state index < -0.39 is 5.91 Å². The maximum atomic E-state index is 12.2. The minimum atomic E-state index is -0.409. The van der Waals surface area contributed by atoms with Gasteiger partial charge in [0.05, 0.1) is 0 Å². The molecule has 5 heteroatoms. The Bertz CT molecular complexity index is 427. The average molecular weight is 280 g/mol. The first kappa shape index (κ1) is 16.4. The van der Waals surface area contributed by atoms with Gasteiger partial charge in [0.15, 0.2) is 0 Å². The summed E-state index contributed by atoms with van der Waals surface area (Å²) in [5.41, 5.74) is 6.26. The highest BCUT2D eigenvalue weighted by Gasteiger charge is 2.34. The molecule has 1 aliphatic rings. The quantitative estimate of drug-likeness (QED) is 0.517. The van der Waals surface area contributed by atoms with Crippen LogP contribution in [0.4, 0.5) is 0 Å². The first-order valence-electron chi connectivity index (χ1n) is 7.33. The lowest BCUT2D eigenvalue weighted by atomic mass is 10.0. The minimum Gasteiger partial charge on any atom is -0.370 e. The number of nitrogens with zero attached hydrogens (tertiary/aromatic N) is 1. The fourth-order valence-corrected chi connectivity index (χ4v) is 2.38. The van der Waals surface area contributed by atoms with Crippen molar-refractivity contribution < 1.29 is 14.4 Å². The molecular weight excluding hydrogens is 256 g/mol. The van der Waals surface area contributed by atoms with Gasteiger partial charge in [0.2, 0.25) is 5.91 Å². The second-order valence-corrected chi connectivity index (χ2v) is 5.25. The first-order valence-corrected chi connectivity index (χ1v) is 7.33. The molecule has 0 aromatic heterocycles. The normalized spacial score (nSPS) is 15.4. The van der Waals surface area contributed by atoms with Crippen LogP contribution in [0.25, 0.3) is 0 Å². The van der Waals surface area contributed by atoms with Gasteiger partial charge in [-0.2, -0.15) is 0 Å². The molecule has 0 spiro atoms. The molecule has 0 fully saturated rings. The Balaban J connectivity index is 2.53. The summed E-state index contributed by atoms with van der Waals surface area (Å²) in [6.45, 7) is 4.12. The van der Waals surface area contributed by atoms with Gasteiger partial charge >= 0.3 is 0 Å². The number of hydrogen-bond donors (Lipinski definition) is 1. The molecule has 0 bridgehead atoms. The third-order valence-corrected chi connectivity index (χ3v) is 3.61. The van der Waals surface area contributed by atoms with E-state index in [-0.39, 0.29) is 24.8 Å². The maximum absolute atomic E-state index is 12.2. The van der Waals surface area contributed by atoms with Crippen LogP contribution < -0.4 is 5.73 Å². The largest absolute Gasteiger partial charge is 0.370 e. The minimum absolute atomic E-state index is 0.187. The molecule has 20 heavy (non-hydrogen) atoms. The molecule has 0 saturated heterocycles. The topological polar surface area (TPSA) is 80.5 Å². The summed E-state index contributed by atoms with van der Waals surface area (Å²) in [5.74, 6) is -0.813. The molecule has 1 rings (SSSR count). The van der Waals surface area contributed by atoms with Crippen LogP contribution in [0.15, 0.2) is 11.1 Å². The van der Waals surface area contributed by atoms with Crippen LogP contribution in [0.2, 0.25) is 0 Å². The van der Waals surface area contributed by atoms with Gasteiger partial charge < -0.3 is 5.73 Å². The van der Waals surface area contributed by atoms with Gasteiger partial charge in [-0.05, 0) is 26.2 Å². The molecule has 1 aliphatic heterocycles. The highest BCUT2D eigenvalue weighted by molar-refractivity contribution is 6.19. The van der Waals surface area contributed by atoms with E-state index in [2.05, 4.69) is 6.92 Å². The van der Waals surface area contributed by atoms with Crippen molar-refractivity contribution in [3.63, 3.8) is 0 Å².